The van der Waals surface area contributed by atoms with Gasteiger partial charge in [0, 0.05) is 50.2 Å². The Hall–Kier alpha value is -1.48. The molecule has 2 aliphatic rings. The third kappa shape index (κ3) is 3.51. The highest BCUT2D eigenvalue weighted by molar-refractivity contribution is 7.89. The van der Waals surface area contributed by atoms with Gasteiger partial charge in [0.2, 0.25) is 10.0 Å². The van der Waals surface area contributed by atoms with Crippen LogP contribution in [0.3, 0.4) is 0 Å². The molecule has 26 heavy (non-hydrogen) atoms. The molecule has 8 heteroatoms. The zero-order chi connectivity index (χ0) is 18.1. The second-order valence-electron chi connectivity index (χ2n) is 6.94. The largest absolute Gasteiger partial charge is 0.346 e. The molecule has 6 nitrogen and oxygen atoms in total. The normalized spacial score (nSPS) is 20.0. The standard InChI is InChI=1S/C18H24N4O2S2/c1-20-10-12-21(13-11-20)18-19-17(14-25-18)15-4-6-16(7-5-15)26(23,24)22-8-2-3-9-22/h4-7,14H,2-3,8-13H2,1H3. The SMILES string of the molecule is CN1CCN(c2nc(-c3ccc(S(=O)(=O)N4CCCC4)cc3)cs2)CC1. The molecule has 0 saturated carbocycles. The highest BCUT2D eigenvalue weighted by Gasteiger charge is 2.27. The number of piperazine rings is 1. The van der Waals surface area contributed by atoms with Crippen molar-refractivity contribution in [1.82, 2.24) is 14.2 Å². The summed E-state index contributed by atoms with van der Waals surface area (Å²) in [6.07, 6.45) is 1.90. The van der Waals surface area contributed by atoms with E-state index in [1.807, 2.05) is 12.1 Å². The van der Waals surface area contributed by atoms with Gasteiger partial charge in [-0.15, -0.1) is 11.3 Å². The third-order valence-corrected chi connectivity index (χ3v) is 7.93. The average Bonchev–Trinajstić information content (AvgIpc) is 3.35. The van der Waals surface area contributed by atoms with Crippen LogP contribution in [0.1, 0.15) is 12.8 Å². The first-order valence-corrected chi connectivity index (χ1v) is 11.4. The second-order valence-corrected chi connectivity index (χ2v) is 9.72. The summed E-state index contributed by atoms with van der Waals surface area (Å²) in [5.74, 6) is 0. The fraction of sp³-hybridized carbons (Fsp3) is 0.500. The summed E-state index contributed by atoms with van der Waals surface area (Å²) < 4.78 is 26.8. The van der Waals surface area contributed by atoms with Gasteiger partial charge < -0.3 is 9.80 Å². The van der Waals surface area contributed by atoms with Gasteiger partial charge in [0.25, 0.3) is 0 Å². The fourth-order valence-corrected chi connectivity index (χ4v) is 5.82. The number of sulfonamides is 1. The summed E-state index contributed by atoms with van der Waals surface area (Å²) in [4.78, 5) is 9.78. The second kappa shape index (κ2) is 7.26. The Morgan fingerprint density at radius 2 is 1.62 bits per heavy atom. The van der Waals surface area contributed by atoms with Crippen molar-refractivity contribution in [2.24, 2.45) is 0 Å². The van der Waals surface area contributed by atoms with Crippen LogP contribution in [0.25, 0.3) is 11.3 Å². The third-order valence-electron chi connectivity index (χ3n) is 5.12. The van der Waals surface area contributed by atoms with Crippen LogP contribution in [0.5, 0.6) is 0 Å². The number of hydrogen-bond acceptors (Lipinski definition) is 6. The molecule has 140 valence electrons. The Morgan fingerprint density at radius 3 is 2.27 bits per heavy atom. The lowest BCUT2D eigenvalue weighted by Gasteiger charge is -2.32. The van der Waals surface area contributed by atoms with Gasteiger partial charge in [0.1, 0.15) is 0 Å². The number of hydrogen-bond donors (Lipinski definition) is 0. The highest BCUT2D eigenvalue weighted by Crippen LogP contribution is 2.29. The number of likely N-dealkylation sites (N-methyl/N-ethyl adjacent to an activating group) is 1. The van der Waals surface area contributed by atoms with E-state index in [1.54, 1.807) is 27.8 Å². The molecule has 2 aliphatic heterocycles. The summed E-state index contributed by atoms with van der Waals surface area (Å²) in [7, 11) is -1.21. The van der Waals surface area contributed by atoms with E-state index in [-0.39, 0.29) is 0 Å². The molecule has 0 amide bonds. The number of nitrogens with zero attached hydrogens (tertiary/aromatic N) is 4. The lowest BCUT2D eigenvalue weighted by Crippen LogP contribution is -2.44. The fourth-order valence-electron chi connectivity index (χ4n) is 3.42. The predicted molar refractivity (Wildman–Crippen MR) is 105 cm³/mol. The summed E-state index contributed by atoms with van der Waals surface area (Å²) in [5, 5.41) is 3.10. The molecular formula is C18H24N4O2S2. The molecule has 0 unspecified atom stereocenters. The molecule has 0 N–H and O–H groups in total. The van der Waals surface area contributed by atoms with Crippen LogP contribution in [-0.4, -0.2) is 68.9 Å². The van der Waals surface area contributed by atoms with Crippen molar-refractivity contribution in [3.8, 4) is 11.3 Å². The van der Waals surface area contributed by atoms with Crippen LogP contribution in [0.15, 0.2) is 34.5 Å². The molecule has 1 aromatic heterocycles. The Bertz CT molecular complexity index is 850. The van der Waals surface area contributed by atoms with Gasteiger partial charge in [-0.05, 0) is 32.0 Å². The van der Waals surface area contributed by atoms with E-state index >= 15 is 0 Å². The van der Waals surface area contributed by atoms with Crippen molar-refractivity contribution in [2.45, 2.75) is 17.7 Å². The van der Waals surface area contributed by atoms with Crippen LogP contribution in [0, 0.1) is 0 Å². The molecule has 0 bridgehead atoms. The number of benzene rings is 1. The van der Waals surface area contributed by atoms with Gasteiger partial charge >= 0.3 is 0 Å². The van der Waals surface area contributed by atoms with Crippen molar-refractivity contribution < 1.29 is 8.42 Å². The highest BCUT2D eigenvalue weighted by atomic mass is 32.2. The molecule has 0 aliphatic carbocycles. The molecule has 0 atom stereocenters. The first-order valence-electron chi connectivity index (χ1n) is 9.04. The smallest absolute Gasteiger partial charge is 0.243 e. The molecule has 2 saturated heterocycles. The molecule has 0 radical (unpaired) electrons. The molecule has 4 rings (SSSR count). The lowest BCUT2D eigenvalue weighted by atomic mass is 10.2. The zero-order valence-electron chi connectivity index (χ0n) is 15.0. The van der Waals surface area contributed by atoms with E-state index < -0.39 is 10.0 Å². The lowest BCUT2D eigenvalue weighted by molar-refractivity contribution is 0.313. The van der Waals surface area contributed by atoms with Gasteiger partial charge in [-0.2, -0.15) is 4.31 Å². The minimum atomic E-state index is -3.35. The molecule has 2 fully saturated rings. The Balaban J connectivity index is 1.51. The molecule has 2 aromatic rings. The number of rotatable bonds is 4. The summed E-state index contributed by atoms with van der Waals surface area (Å²) in [6.45, 7) is 5.36. The number of aromatic nitrogens is 1. The molecule has 1 aromatic carbocycles. The zero-order valence-corrected chi connectivity index (χ0v) is 16.6. The minimum Gasteiger partial charge on any atom is -0.346 e. The topological polar surface area (TPSA) is 56.8 Å². The monoisotopic (exact) mass is 392 g/mol. The Labute approximate surface area is 159 Å². The van der Waals surface area contributed by atoms with Crippen LogP contribution >= 0.6 is 11.3 Å². The van der Waals surface area contributed by atoms with Crippen molar-refractivity contribution in [1.29, 1.82) is 0 Å². The molecule has 3 heterocycles. The van der Waals surface area contributed by atoms with Gasteiger partial charge in [0.05, 0.1) is 10.6 Å². The Morgan fingerprint density at radius 1 is 0.962 bits per heavy atom. The van der Waals surface area contributed by atoms with Crippen LogP contribution in [-0.2, 0) is 10.0 Å². The van der Waals surface area contributed by atoms with Crippen LogP contribution in [0.2, 0.25) is 0 Å². The van der Waals surface area contributed by atoms with Crippen molar-refractivity contribution >= 4 is 26.5 Å². The quantitative estimate of drug-likeness (QED) is 0.799. The van der Waals surface area contributed by atoms with E-state index in [0.717, 1.165) is 55.4 Å². The number of anilines is 1. The Kier molecular flexibility index (Phi) is 5.00. The maximum absolute atomic E-state index is 12.6. The van der Waals surface area contributed by atoms with Gasteiger partial charge in [0.15, 0.2) is 5.13 Å². The summed E-state index contributed by atoms with van der Waals surface area (Å²) >= 11 is 1.65. The maximum atomic E-state index is 12.6. The van der Waals surface area contributed by atoms with E-state index in [2.05, 4.69) is 22.2 Å². The first-order chi connectivity index (χ1) is 12.5. The van der Waals surface area contributed by atoms with Gasteiger partial charge in [-0.25, -0.2) is 13.4 Å². The van der Waals surface area contributed by atoms with Crippen molar-refractivity contribution in [3.63, 3.8) is 0 Å². The first kappa shape index (κ1) is 17.9. The summed E-state index contributed by atoms with van der Waals surface area (Å²) in [5.41, 5.74) is 1.87. The van der Waals surface area contributed by atoms with Crippen LogP contribution < -0.4 is 4.90 Å². The van der Waals surface area contributed by atoms with Crippen molar-refractivity contribution in [2.75, 3.05) is 51.2 Å². The summed E-state index contributed by atoms with van der Waals surface area (Å²) in [6, 6.07) is 7.15. The molecular weight excluding hydrogens is 368 g/mol. The van der Waals surface area contributed by atoms with E-state index in [9.17, 15) is 8.42 Å². The number of thiazole rings is 1. The average molecular weight is 393 g/mol. The molecule has 0 spiro atoms. The van der Waals surface area contributed by atoms with Gasteiger partial charge in [-0.3, -0.25) is 0 Å². The van der Waals surface area contributed by atoms with E-state index in [0.29, 0.717) is 18.0 Å². The predicted octanol–water partition coefficient (Wildman–Crippen LogP) is 2.35. The van der Waals surface area contributed by atoms with E-state index in [4.69, 9.17) is 4.98 Å². The maximum Gasteiger partial charge on any atom is 0.243 e. The van der Waals surface area contributed by atoms with E-state index in [1.165, 1.54) is 0 Å². The van der Waals surface area contributed by atoms with Crippen LogP contribution in [0.4, 0.5) is 5.13 Å². The van der Waals surface area contributed by atoms with Crippen molar-refractivity contribution in [3.05, 3.63) is 29.6 Å². The minimum absolute atomic E-state index is 0.373. The van der Waals surface area contributed by atoms with Gasteiger partial charge in [-0.1, -0.05) is 12.1 Å².